The van der Waals surface area contributed by atoms with E-state index in [1.165, 1.54) is 63.7 Å². The number of benzene rings is 2. The molecule has 0 amide bonds. The maximum absolute atomic E-state index is 3.96. The first-order valence-corrected chi connectivity index (χ1v) is 16.2. The molecule has 0 bridgehead atoms. The van der Waals surface area contributed by atoms with E-state index in [0.29, 0.717) is 0 Å². The van der Waals surface area contributed by atoms with Gasteiger partial charge in [-0.1, -0.05) is 145 Å². The smallest absolute Gasteiger partial charge is 1.00 e. The Kier molecular flexibility index (Phi) is 13.7. The van der Waals surface area contributed by atoms with Gasteiger partial charge in [0.1, 0.15) is 0 Å². The van der Waals surface area contributed by atoms with Crippen molar-refractivity contribution in [3.05, 3.63) is 193 Å². The van der Waals surface area contributed by atoms with E-state index >= 15 is 0 Å². The Balaban J connectivity index is 0.00000200. The molecular weight excluding hydrogens is 691 g/mol. The molecule has 0 nitrogen and oxygen atoms in total. The average Bonchev–Trinajstić information content (AvgIpc) is 3.61. The van der Waals surface area contributed by atoms with Gasteiger partial charge in [-0.3, -0.25) is 0 Å². The van der Waals surface area contributed by atoms with Crippen LogP contribution in [0.4, 0.5) is 0 Å². The first-order chi connectivity index (χ1) is 21.0. The van der Waals surface area contributed by atoms with Crippen molar-refractivity contribution in [2.24, 2.45) is 10.8 Å². The van der Waals surface area contributed by atoms with Crippen LogP contribution in [0.3, 0.4) is 0 Å². The Morgan fingerprint density at radius 2 is 1.09 bits per heavy atom. The minimum atomic E-state index is -0.508. The number of rotatable bonds is 8. The zero-order valence-corrected chi connectivity index (χ0v) is 32.6. The standard InChI is InChI=1S/C44H46.2ClH.Zr/c1-8-9-12-17-31-22-23-36(28-31)44(32-18-13-10-14-19-32,33-20-15-11-16-21-33)41-39-29-34(42(2,3)4)24-26-37(39)38-27-25-35(30-40(38)41)43(5,6)7;;;/h8,10-11,13-16,18-30H,1,9,12,17H2,2-7H3;2*1H;/q;;;+4/p-2. The molecular formula is C44H46Cl2Zr+2. The van der Waals surface area contributed by atoms with Gasteiger partial charge in [0.15, 0.2) is 0 Å². The predicted molar refractivity (Wildman–Crippen MR) is 187 cm³/mol. The molecule has 2 aromatic rings. The van der Waals surface area contributed by atoms with Gasteiger partial charge >= 0.3 is 26.2 Å². The Morgan fingerprint density at radius 1 is 0.617 bits per heavy atom. The van der Waals surface area contributed by atoms with Crippen LogP contribution in [-0.2, 0) is 31.6 Å². The second-order valence-electron chi connectivity index (χ2n) is 14.6. The summed E-state index contributed by atoms with van der Waals surface area (Å²) in [6.07, 6.45) is 26.9. The van der Waals surface area contributed by atoms with E-state index in [1.807, 2.05) is 6.08 Å². The minimum Gasteiger partial charge on any atom is -1.00 e. The summed E-state index contributed by atoms with van der Waals surface area (Å²) in [5, 5.41) is 0. The molecule has 2 aromatic carbocycles. The fourth-order valence-corrected chi connectivity index (χ4v) is 7.10. The monoisotopic (exact) mass is 734 g/mol. The number of unbranched alkanes of at least 4 members (excludes halogenated alkanes) is 1. The molecule has 238 valence electrons. The second-order valence-corrected chi connectivity index (χ2v) is 14.6. The van der Waals surface area contributed by atoms with Gasteiger partial charge in [-0.15, -0.1) is 6.58 Å². The quantitative estimate of drug-likeness (QED) is 0.262. The number of fused-ring (bicyclic) bond motifs is 3. The first-order valence-electron chi connectivity index (χ1n) is 16.2. The van der Waals surface area contributed by atoms with E-state index in [4.69, 9.17) is 0 Å². The summed E-state index contributed by atoms with van der Waals surface area (Å²) in [4.78, 5) is 0. The van der Waals surface area contributed by atoms with E-state index in [9.17, 15) is 0 Å². The summed E-state index contributed by atoms with van der Waals surface area (Å²) in [6, 6.07) is 22.4. The van der Waals surface area contributed by atoms with E-state index in [0.717, 1.165) is 19.3 Å². The average molecular weight is 737 g/mol. The molecule has 4 aliphatic rings. The molecule has 4 aliphatic carbocycles. The van der Waals surface area contributed by atoms with E-state index in [2.05, 4.69) is 165 Å². The molecule has 3 heteroatoms. The van der Waals surface area contributed by atoms with Gasteiger partial charge in [-0.25, -0.2) is 0 Å². The second kappa shape index (κ2) is 16.1. The Bertz CT molecular complexity index is 1340. The van der Waals surface area contributed by atoms with Crippen molar-refractivity contribution in [1.29, 1.82) is 0 Å². The molecule has 10 radical (unpaired) electrons. The molecule has 0 saturated heterocycles. The molecule has 6 rings (SSSR count). The van der Waals surface area contributed by atoms with Crippen molar-refractivity contribution in [2.45, 2.75) is 66.2 Å². The zero-order chi connectivity index (χ0) is 31.1. The Labute approximate surface area is 318 Å². The summed E-state index contributed by atoms with van der Waals surface area (Å²) < 4.78 is 0. The predicted octanol–water partition coefficient (Wildman–Crippen LogP) is 5.08. The zero-order valence-electron chi connectivity index (χ0n) is 28.6. The summed E-state index contributed by atoms with van der Waals surface area (Å²) in [6.45, 7) is 17.9. The van der Waals surface area contributed by atoms with Crippen LogP contribution in [-0.4, -0.2) is 0 Å². The summed E-state index contributed by atoms with van der Waals surface area (Å²) >= 11 is 0. The number of hydrogen-bond acceptors (Lipinski definition) is 0. The van der Waals surface area contributed by atoms with Crippen LogP contribution < -0.4 is 24.8 Å². The van der Waals surface area contributed by atoms with Crippen molar-refractivity contribution in [3.63, 3.8) is 0 Å². The maximum atomic E-state index is 3.96. The van der Waals surface area contributed by atoms with Crippen LogP contribution >= 0.6 is 0 Å². The molecule has 2 saturated carbocycles. The first kappa shape index (κ1) is 40.0. The van der Waals surface area contributed by atoms with Gasteiger partial charge in [0, 0.05) is 35.0 Å². The number of allylic oxidation sites excluding steroid dienone is 9. The SMILES string of the molecule is C=CCCC[C]1[CH][CH][C](C([C]2[C]3C=C(C(C)(C)C)C=C[C]3[C]3C=CC(C(C)(C)C)=C[C]32)(c2ccccc2)c2ccccc2)[CH]1.[Cl-].[Cl-].[Zr+4]. The molecule has 0 unspecified atom stereocenters. The van der Waals surface area contributed by atoms with Crippen molar-refractivity contribution >= 4 is 0 Å². The maximum Gasteiger partial charge on any atom is 4.00 e. The minimum absolute atomic E-state index is 0. The van der Waals surface area contributed by atoms with Crippen LogP contribution in [0.5, 0.6) is 0 Å². The van der Waals surface area contributed by atoms with Crippen molar-refractivity contribution in [3.8, 4) is 0 Å². The van der Waals surface area contributed by atoms with E-state index in [-0.39, 0.29) is 61.8 Å². The molecule has 0 N–H and O–H groups in total. The third-order valence-corrected chi connectivity index (χ3v) is 9.51. The van der Waals surface area contributed by atoms with Gasteiger partial charge in [-0.2, -0.15) is 0 Å². The van der Waals surface area contributed by atoms with E-state index in [1.54, 1.807) is 0 Å². The Hall–Kier alpha value is -1.40. The normalized spacial score (nSPS) is 20.0. The number of halogens is 2. The van der Waals surface area contributed by atoms with Gasteiger partial charge in [-0.05, 0) is 83.5 Å². The fraction of sp³-hybridized carbons (Fsp3) is 0.273. The Morgan fingerprint density at radius 3 is 1.51 bits per heavy atom. The molecule has 0 aromatic heterocycles. The summed E-state index contributed by atoms with van der Waals surface area (Å²) in [5.41, 5.74) is 4.88. The van der Waals surface area contributed by atoms with Crippen LogP contribution in [0.2, 0.25) is 0 Å². The molecule has 0 heterocycles. The van der Waals surface area contributed by atoms with Gasteiger partial charge in [0.2, 0.25) is 0 Å². The van der Waals surface area contributed by atoms with E-state index < -0.39 is 5.41 Å². The van der Waals surface area contributed by atoms with Gasteiger partial charge in [0.25, 0.3) is 0 Å². The topological polar surface area (TPSA) is 0 Å². The fourth-order valence-electron chi connectivity index (χ4n) is 7.10. The third-order valence-electron chi connectivity index (χ3n) is 9.51. The summed E-state index contributed by atoms with van der Waals surface area (Å²) in [7, 11) is 0. The van der Waals surface area contributed by atoms with Crippen molar-refractivity contribution in [2.75, 3.05) is 0 Å². The number of hydrogen-bond donors (Lipinski definition) is 0. The third kappa shape index (κ3) is 7.69. The van der Waals surface area contributed by atoms with Crippen LogP contribution in [0.1, 0.15) is 71.9 Å². The van der Waals surface area contributed by atoms with Gasteiger partial charge in [0.05, 0.1) is 0 Å². The van der Waals surface area contributed by atoms with Crippen molar-refractivity contribution < 1.29 is 51.0 Å². The molecule has 0 spiro atoms. The van der Waals surface area contributed by atoms with Crippen LogP contribution in [0, 0.1) is 71.5 Å². The molecule has 0 aliphatic heterocycles. The van der Waals surface area contributed by atoms with Crippen LogP contribution in [0.15, 0.2) is 121 Å². The molecule has 2 fully saturated rings. The largest absolute Gasteiger partial charge is 4.00 e. The summed E-state index contributed by atoms with van der Waals surface area (Å²) in [5.74, 6) is 9.47. The van der Waals surface area contributed by atoms with Crippen molar-refractivity contribution in [1.82, 2.24) is 0 Å². The van der Waals surface area contributed by atoms with Gasteiger partial charge < -0.3 is 24.8 Å². The molecule has 0 atom stereocenters. The molecule has 47 heavy (non-hydrogen) atoms. The van der Waals surface area contributed by atoms with Crippen LogP contribution in [0.25, 0.3) is 0 Å².